The van der Waals surface area contributed by atoms with Crippen LogP contribution < -0.4 is 19.3 Å². The third-order valence-corrected chi connectivity index (χ3v) is 6.87. The van der Waals surface area contributed by atoms with Crippen LogP contribution in [0.3, 0.4) is 0 Å². The van der Waals surface area contributed by atoms with Crippen molar-refractivity contribution in [2.75, 3.05) is 37.6 Å². The molecule has 0 radical (unpaired) electrons. The lowest BCUT2D eigenvalue weighted by Crippen LogP contribution is -2.21. The molecule has 0 saturated heterocycles. The summed E-state index contributed by atoms with van der Waals surface area (Å²) in [4.78, 5) is 11.1. The number of ether oxygens (including phenoxy) is 2. The van der Waals surface area contributed by atoms with E-state index in [0.29, 0.717) is 0 Å². The Labute approximate surface area is 241 Å². The zero-order chi connectivity index (χ0) is 28.2. The monoisotopic (exact) mass is 540 g/mol. The molecule has 0 saturated carbocycles. The van der Waals surface area contributed by atoms with Crippen molar-refractivity contribution < 1.29 is 9.47 Å². The second-order valence-electron chi connectivity index (χ2n) is 10.2. The Morgan fingerprint density at radius 2 is 1.37 bits per heavy atom. The Morgan fingerprint density at radius 1 is 0.634 bits per heavy atom. The molecule has 41 heavy (non-hydrogen) atoms. The van der Waals surface area contributed by atoms with Gasteiger partial charge in [-0.3, -0.25) is 4.98 Å². The summed E-state index contributed by atoms with van der Waals surface area (Å²) in [6.45, 7) is 0.818. The maximum atomic E-state index is 6.28. The van der Waals surface area contributed by atoms with E-state index < -0.39 is 0 Å². The van der Waals surface area contributed by atoms with Crippen molar-refractivity contribution in [1.29, 1.82) is 0 Å². The lowest BCUT2D eigenvalue weighted by Gasteiger charge is -2.19. The highest BCUT2D eigenvalue weighted by atomic mass is 16.5. The number of anilines is 2. The minimum Gasteiger partial charge on any atom is -0.457 e. The van der Waals surface area contributed by atoms with Crippen molar-refractivity contribution in [3.8, 4) is 45.4 Å². The van der Waals surface area contributed by atoms with Crippen LogP contribution in [0.1, 0.15) is 0 Å². The van der Waals surface area contributed by atoms with E-state index in [1.54, 1.807) is 0 Å². The first-order valence-corrected chi connectivity index (χ1v) is 13.6. The van der Waals surface area contributed by atoms with Gasteiger partial charge in [-0.2, -0.15) is 0 Å². The average Bonchev–Trinajstić information content (AvgIpc) is 3.44. The molecule has 0 bridgehead atoms. The molecule has 6 nitrogen and oxygen atoms in total. The number of nitrogens with zero attached hydrogens (tertiary/aromatic N) is 4. The third kappa shape index (κ3) is 6.17. The molecule has 6 rings (SSSR count). The Hall–Kier alpha value is -5.23. The van der Waals surface area contributed by atoms with Gasteiger partial charge in [0.15, 0.2) is 0 Å². The molecule has 0 spiro atoms. The van der Waals surface area contributed by atoms with Crippen molar-refractivity contribution in [2.24, 2.45) is 0 Å². The second-order valence-corrected chi connectivity index (χ2v) is 10.2. The quantitative estimate of drug-likeness (QED) is 0.197. The highest BCUT2D eigenvalue weighted by Gasteiger charge is 2.12. The Bertz CT molecular complexity index is 1680. The molecular formula is C35H32N4O2. The van der Waals surface area contributed by atoms with Crippen LogP contribution in [0, 0.1) is 0 Å². The maximum absolute atomic E-state index is 6.28. The second kappa shape index (κ2) is 11.5. The smallest absolute Gasteiger partial charge is 0.130 e. The number of hydrogen-bond donors (Lipinski definition) is 0. The highest BCUT2D eigenvalue weighted by Crippen LogP contribution is 2.35. The van der Waals surface area contributed by atoms with Crippen molar-refractivity contribution >= 4 is 11.4 Å². The van der Waals surface area contributed by atoms with E-state index in [1.807, 2.05) is 93.1 Å². The van der Waals surface area contributed by atoms with Gasteiger partial charge in [0.25, 0.3) is 0 Å². The first kappa shape index (κ1) is 26.0. The van der Waals surface area contributed by atoms with Crippen LogP contribution in [0.5, 0.6) is 23.0 Å². The van der Waals surface area contributed by atoms with E-state index >= 15 is 0 Å². The number of pyridine rings is 1. The number of rotatable bonds is 8. The van der Waals surface area contributed by atoms with Crippen LogP contribution in [-0.2, 0) is 0 Å². The van der Waals surface area contributed by atoms with Gasteiger partial charge in [-0.05, 0) is 71.8 Å². The predicted octanol–water partition coefficient (Wildman–Crippen LogP) is 8.25. The fourth-order valence-electron chi connectivity index (χ4n) is 4.74. The third-order valence-electron chi connectivity index (χ3n) is 6.87. The molecule has 1 aromatic heterocycles. The predicted molar refractivity (Wildman–Crippen MR) is 167 cm³/mol. The van der Waals surface area contributed by atoms with Gasteiger partial charge in [0.2, 0.25) is 0 Å². The van der Waals surface area contributed by atoms with Crippen LogP contribution in [0.15, 0.2) is 128 Å². The SMILES string of the molecule is CN1C=CN(c2cccc(Oc3cccc(-c4cc(-c5cc(Oc6ccccc6)cc(N(C)C)c5)ccn4)c3)c2)C1. The molecule has 4 aromatic carbocycles. The number of aromatic nitrogens is 1. The molecule has 5 aromatic rings. The van der Waals surface area contributed by atoms with Gasteiger partial charge in [0.05, 0.1) is 12.4 Å². The molecule has 0 fully saturated rings. The van der Waals surface area contributed by atoms with Crippen LogP contribution in [0.25, 0.3) is 22.4 Å². The molecule has 0 atom stereocenters. The molecular weight excluding hydrogens is 508 g/mol. The average molecular weight is 541 g/mol. The molecule has 0 aliphatic carbocycles. The van der Waals surface area contributed by atoms with Gasteiger partial charge in [-0.1, -0.05) is 36.4 Å². The summed E-state index contributed by atoms with van der Waals surface area (Å²) >= 11 is 0. The largest absolute Gasteiger partial charge is 0.457 e. The normalized spacial score (nSPS) is 12.5. The summed E-state index contributed by atoms with van der Waals surface area (Å²) in [5.41, 5.74) is 6.10. The van der Waals surface area contributed by atoms with Gasteiger partial charge in [-0.15, -0.1) is 0 Å². The summed E-state index contributed by atoms with van der Waals surface area (Å²) in [5, 5.41) is 0. The fraction of sp³-hybridized carbons (Fsp3) is 0.114. The van der Waals surface area contributed by atoms with Gasteiger partial charge >= 0.3 is 0 Å². The first-order valence-electron chi connectivity index (χ1n) is 13.6. The number of benzene rings is 4. The Morgan fingerprint density at radius 3 is 2.15 bits per heavy atom. The van der Waals surface area contributed by atoms with E-state index in [2.05, 4.69) is 75.5 Å². The van der Waals surface area contributed by atoms with Crippen LogP contribution in [-0.4, -0.2) is 37.7 Å². The van der Waals surface area contributed by atoms with Crippen molar-refractivity contribution in [2.45, 2.75) is 0 Å². The number of para-hydroxylation sites is 1. The summed E-state index contributed by atoms with van der Waals surface area (Å²) in [6.07, 6.45) is 5.98. The van der Waals surface area contributed by atoms with E-state index in [-0.39, 0.29) is 0 Å². The minimum absolute atomic E-state index is 0.758. The summed E-state index contributed by atoms with van der Waals surface area (Å²) in [7, 11) is 6.12. The standard InChI is InChI=1S/C35H32N4O2/c1-37(2)30-19-28(21-34(24-30)40-31-11-5-4-6-12-31)26-15-16-36-35(22-26)27-9-7-13-32(20-27)41-33-14-8-10-29(23-33)39-18-17-38(3)25-39/h4-24H,25H2,1-3H3. The fourth-order valence-corrected chi connectivity index (χ4v) is 4.74. The van der Waals surface area contributed by atoms with Crippen molar-refractivity contribution in [1.82, 2.24) is 9.88 Å². The van der Waals surface area contributed by atoms with Crippen LogP contribution >= 0.6 is 0 Å². The van der Waals surface area contributed by atoms with E-state index in [4.69, 9.17) is 9.47 Å². The first-order chi connectivity index (χ1) is 20.0. The zero-order valence-corrected chi connectivity index (χ0v) is 23.4. The Kier molecular flexibility index (Phi) is 7.28. The molecule has 2 heterocycles. The van der Waals surface area contributed by atoms with Gasteiger partial charge in [0, 0.05) is 68.8 Å². The van der Waals surface area contributed by atoms with Crippen LogP contribution in [0.2, 0.25) is 0 Å². The minimum atomic E-state index is 0.758. The molecule has 1 aliphatic rings. The highest BCUT2D eigenvalue weighted by molar-refractivity contribution is 5.75. The Balaban J connectivity index is 1.26. The van der Waals surface area contributed by atoms with Crippen molar-refractivity contribution in [3.63, 3.8) is 0 Å². The molecule has 204 valence electrons. The van der Waals surface area contributed by atoms with Gasteiger partial charge in [-0.25, -0.2) is 0 Å². The van der Waals surface area contributed by atoms with Gasteiger partial charge in [0.1, 0.15) is 23.0 Å². The lowest BCUT2D eigenvalue weighted by molar-refractivity contribution is 0.481. The summed E-state index contributed by atoms with van der Waals surface area (Å²) in [5.74, 6) is 3.13. The van der Waals surface area contributed by atoms with E-state index in [9.17, 15) is 0 Å². The molecule has 0 N–H and O–H groups in total. The molecule has 0 unspecified atom stereocenters. The molecule has 1 aliphatic heterocycles. The van der Waals surface area contributed by atoms with E-state index in [0.717, 1.165) is 63.4 Å². The van der Waals surface area contributed by atoms with Crippen molar-refractivity contribution in [3.05, 3.63) is 128 Å². The summed E-state index contributed by atoms with van der Waals surface area (Å²) in [6, 6.07) is 36.5. The number of hydrogen-bond acceptors (Lipinski definition) is 6. The lowest BCUT2D eigenvalue weighted by atomic mass is 10.0. The van der Waals surface area contributed by atoms with E-state index in [1.165, 1.54) is 0 Å². The maximum Gasteiger partial charge on any atom is 0.130 e. The molecule has 6 heteroatoms. The zero-order valence-electron chi connectivity index (χ0n) is 23.4. The summed E-state index contributed by atoms with van der Waals surface area (Å²) < 4.78 is 12.5. The molecule has 0 amide bonds. The van der Waals surface area contributed by atoms with Crippen LogP contribution in [0.4, 0.5) is 11.4 Å². The van der Waals surface area contributed by atoms with Gasteiger partial charge < -0.3 is 24.2 Å². The topological polar surface area (TPSA) is 41.1 Å².